The molecule has 3 aromatic rings. The summed E-state index contributed by atoms with van der Waals surface area (Å²) in [6, 6.07) is 14.8. The van der Waals surface area contributed by atoms with E-state index in [-0.39, 0.29) is 0 Å². The van der Waals surface area contributed by atoms with Gasteiger partial charge in [0.1, 0.15) is 0 Å². The third kappa shape index (κ3) is 4.09. The zero-order valence-electron chi connectivity index (χ0n) is 14.7. The fourth-order valence-corrected chi connectivity index (χ4v) is 3.10. The molecule has 0 unspecified atom stereocenters. The minimum atomic E-state index is 0.794. The van der Waals surface area contributed by atoms with Gasteiger partial charge in [0.25, 0.3) is 0 Å². The first kappa shape index (κ1) is 16.8. The van der Waals surface area contributed by atoms with Crippen molar-refractivity contribution in [2.24, 2.45) is 0 Å². The van der Waals surface area contributed by atoms with Crippen molar-refractivity contribution >= 4 is 5.69 Å². The quantitative estimate of drug-likeness (QED) is 0.741. The third-order valence-corrected chi connectivity index (χ3v) is 4.52. The van der Waals surface area contributed by atoms with Crippen molar-refractivity contribution < 1.29 is 4.74 Å². The number of anilines is 1. The predicted octanol–water partition coefficient (Wildman–Crippen LogP) is 2.39. The maximum absolute atomic E-state index is 5.41. The second-order valence-electron chi connectivity index (χ2n) is 6.34. The Morgan fingerprint density at radius 3 is 2.54 bits per heavy atom. The molecule has 0 amide bonds. The van der Waals surface area contributed by atoms with Crippen LogP contribution in [0.25, 0.3) is 5.82 Å². The van der Waals surface area contributed by atoms with Gasteiger partial charge >= 0.3 is 0 Å². The molecule has 4 rings (SSSR count). The van der Waals surface area contributed by atoms with Crippen molar-refractivity contribution in [3.8, 4) is 5.82 Å². The molecule has 0 saturated carbocycles. The molecule has 1 aliphatic rings. The van der Waals surface area contributed by atoms with E-state index in [9.17, 15) is 0 Å². The van der Waals surface area contributed by atoms with Crippen LogP contribution in [0.2, 0.25) is 0 Å². The first-order valence-electron chi connectivity index (χ1n) is 8.96. The molecule has 134 valence electrons. The summed E-state index contributed by atoms with van der Waals surface area (Å²) >= 11 is 0. The van der Waals surface area contributed by atoms with Crippen LogP contribution >= 0.6 is 0 Å². The summed E-state index contributed by atoms with van der Waals surface area (Å²) < 4.78 is 7.18. The molecule has 0 radical (unpaired) electrons. The zero-order chi connectivity index (χ0) is 17.6. The van der Waals surface area contributed by atoms with Crippen LogP contribution < -0.4 is 10.2 Å². The fourth-order valence-electron chi connectivity index (χ4n) is 3.10. The summed E-state index contributed by atoms with van der Waals surface area (Å²) in [7, 11) is 0. The molecule has 0 aliphatic carbocycles. The Labute approximate surface area is 153 Å². The molecule has 1 fully saturated rings. The second-order valence-corrected chi connectivity index (χ2v) is 6.34. The van der Waals surface area contributed by atoms with E-state index in [1.54, 1.807) is 10.9 Å². The van der Waals surface area contributed by atoms with Gasteiger partial charge in [0.15, 0.2) is 5.82 Å². The average Bonchev–Trinajstić information content (AvgIpc) is 3.24. The fraction of sp³-hybridized carbons (Fsp3) is 0.300. The van der Waals surface area contributed by atoms with Gasteiger partial charge in [-0.1, -0.05) is 12.1 Å². The summed E-state index contributed by atoms with van der Waals surface area (Å²) in [4.78, 5) is 6.73. The standard InChI is InChI=1S/C20H23N5O/c1-7-23-25(9-1)20-14-18(6-8-22-20)16-21-15-17-2-4-19(5-3-17)24-10-12-26-13-11-24/h1-9,14,21H,10-13,15-16H2. The number of morpholine rings is 1. The van der Waals surface area contributed by atoms with Gasteiger partial charge in [-0.3, -0.25) is 0 Å². The summed E-state index contributed by atoms with van der Waals surface area (Å²) in [5.74, 6) is 0.837. The summed E-state index contributed by atoms with van der Waals surface area (Å²) in [5, 5.41) is 7.72. The molecule has 1 aliphatic heterocycles. The molecule has 3 heterocycles. The first-order valence-corrected chi connectivity index (χ1v) is 8.96. The Hall–Kier alpha value is -2.70. The Balaban J connectivity index is 1.31. The Morgan fingerprint density at radius 1 is 0.962 bits per heavy atom. The number of nitrogens with zero attached hydrogens (tertiary/aromatic N) is 4. The lowest BCUT2D eigenvalue weighted by atomic mass is 10.2. The Morgan fingerprint density at radius 2 is 1.77 bits per heavy atom. The van der Waals surface area contributed by atoms with Crippen molar-refractivity contribution in [3.63, 3.8) is 0 Å². The second kappa shape index (κ2) is 8.12. The molecule has 6 nitrogen and oxygen atoms in total. The molecular weight excluding hydrogens is 326 g/mol. The van der Waals surface area contributed by atoms with E-state index >= 15 is 0 Å². The maximum atomic E-state index is 5.41. The van der Waals surface area contributed by atoms with Crippen LogP contribution in [0.5, 0.6) is 0 Å². The van der Waals surface area contributed by atoms with Crippen LogP contribution in [-0.4, -0.2) is 41.1 Å². The van der Waals surface area contributed by atoms with Crippen molar-refractivity contribution in [1.82, 2.24) is 20.1 Å². The third-order valence-electron chi connectivity index (χ3n) is 4.52. The van der Waals surface area contributed by atoms with Crippen LogP contribution in [0.15, 0.2) is 61.1 Å². The normalized spacial score (nSPS) is 14.5. The molecule has 0 bridgehead atoms. The van der Waals surface area contributed by atoms with E-state index in [1.807, 2.05) is 24.5 Å². The van der Waals surface area contributed by atoms with Gasteiger partial charge in [-0.25, -0.2) is 9.67 Å². The number of rotatable bonds is 6. The largest absolute Gasteiger partial charge is 0.378 e. The topological polar surface area (TPSA) is 55.2 Å². The highest BCUT2D eigenvalue weighted by Crippen LogP contribution is 2.16. The van der Waals surface area contributed by atoms with Gasteiger partial charge in [0, 0.05) is 50.5 Å². The Kier molecular flexibility index (Phi) is 5.23. The highest BCUT2D eigenvalue weighted by molar-refractivity contribution is 5.47. The lowest BCUT2D eigenvalue weighted by Gasteiger charge is -2.28. The van der Waals surface area contributed by atoms with Crippen LogP contribution in [0, 0.1) is 0 Å². The van der Waals surface area contributed by atoms with E-state index in [1.165, 1.54) is 16.8 Å². The maximum Gasteiger partial charge on any atom is 0.153 e. The van der Waals surface area contributed by atoms with Crippen LogP contribution in [0.4, 0.5) is 5.69 Å². The molecular formula is C20H23N5O. The minimum Gasteiger partial charge on any atom is -0.378 e. The first-order chi connectivity index (χ1) is 12.9. The van der Waals surface area contributed by atoms with E-state index in [4.69, 9.17) is 4.74 Å². The highest BCUT2D eigenvalue weighted by atomic mass is 16.5. The van der Waals surface area contributed by atoms with Gasteiger partial charge in [0.05, 0.1) is 13.2 Å². The van der Waals surface area contributed by atoms with Crippen molar-refractivity contribution in [1.29, 1.82) is 0 Å². The molecule has 26 heavy (non-hydrogen) atoms. The highest BCUT2D eigenvalue weighted by Gasteiger charge is 2.10. The van der Waals surface area contributed by atoms with Gasteiger partial charge in [-0.15, -0.1) is 0 Å². The average molecular weight is 349 g/mol. The molecule has 0 spiro atoms. The lowest BCUT2D eigenvalue weighted by molar-refractivity contribution is 0.122. The summed E-state index contributed by atoms with van der Waals surface area (Å²) in [5.41, 5.74) is 3.74. The molecule has 2 aromatic heterocycles. The summed E-state index contributed by atoms with van der Waals surface area (Å²) in [6.45, 7) is 5.20. The van der Waals surface area contributed by atoms with Crippen molar-refractivity contribution in [3.05, 3.63) is 72.2 Å². The van der Waals surface area contributed by atoms with Gasteiger partial charge in [0.2, 0.25) is 0 Å². The van der Waals surface area contributed by atoms with Gasteiger partial charge in [-0.05, 0) is 41.5 Å². The van der Waals surface area contributed by atoms with E-state index in [0.29, 0.717) is 0 Å². The van der Waals surface area contributed by atoms with Crippen LogP contribution in [-0.2, 0) is 17.8 Å². The minimum absolute atomic E-state index is 0.794. The zero-order valence-corrected chi connectivity index (χ0v) is 14.7. The molecule has 6 heteroatoms. The predicted molar refractivity (Wildman–Crippen MR) is 101 cm³/mol. The molecule has 1 aromatic carbocycles. The number of hydrogen-bond acceptors (Lipinski definition) is 5. The molecule has 1 N–H and O–H groups in total. The number of ether oxygens (including phenoxy) is 1. The monoisotopic (exact) mass is 349 g/mol. The number of pyridine rings is 1. The number of hydrogen-bond donors (Lipinski definition) is 1. The van der Waals surface area contributed by atoms with Crippen LogP contribution in [0.3, 0.4) is 0 Å². The van der Waals surface area contributed by atoms with Crippen LogP contribution in [0.1, 0.15) is 11.1 Å². The van der Waals surface area contributed by atoms with E-state index < -0.39 is 0 Å². The van der Waals surface area contributed by atoms with E-state index in [0.717, 1.165) is 45.2 Å². The molecule has 1 saturated heterocycles. The van der Waals surface area contributed by atoms with E-state index in [2.05, 4.69) is 50.6 Å². The number of benzene rings is 1. The smallest absolute Gasteiger partial charge is 0.153 e. The lowest BCUT2D eigenvalue weighted by Crippen LogP contribution is -2.36. The Bertz CT molecular complexity index is 810. The van der Waals surface area contributed by atoms with Crippen molar-refractivity contribution in [2.75, 3.05) is 31.2 Å². The SMILES string of the molecule is c1cnn(-c2cc(CNCc3ccc(N4CCOCC4)cc3)ccn2)c1. The number of nitrogens with one attached hydrogen (secondary N) is 1. The van der Waals surface area contributed by atoms with Crippen molar-refractivity contribution in [2.45, 2.75) is 13.1 Å². The summed E-state index contributed by atoms with van der Waals surface area (Å²) in [6.07, 6.45) is 5.48. The van der Waals surface area contributed by atoms with Gasteiger partial charge < -0.3 is 15.0 Å². The number of aromatic nitrogens is 3. The molecule has 0 atom stereocenters. The van der Waals surface area contributed by atoms with Gasteiger partial charge in [-0.2, -0.15) is 5.10 Å².